The summed E-state index contributed by atoms with van der Waals surface area (Å²) in [5.41, 5.74) is 7.87. The zero-order valence-electron chi connectivity index (χ0n) is 13.2. The van der Waals surface area contributed by atoms with Gasteiger partial charge < -0.3 is 0 Å². The normalized spacial score (nSPS) is 26.7. The number of hydrazine groups is 1. The van der Waals surface area contributed by atoms with Gasteiger partial charge in [-0.05, 0) is 41.5 Å². The molecule has 1 N–H and O–H groups in total. The topological polar surface area (TPSA) is 32.3 Å². The Morgan fingerprint density at radius 1 is 1.00 bits per heavy atom. The van der Waals surface area contributed by atoms with Crippen LogP contribution in [0.4, 0.5) is 0 Å². The molecule has 3 aliphatic heterocycles. The van der Waals surface area contributed by atoms with Crippen LogP contribution in [0.15, 0.2) is 48.5 Å². The summed E-state index contributed by atoms with van der Waals surface area (Å²) in [6.07, 6.45) is 3.46. The first-order valence-corrected chi connectivity index (χ1v) is 8.48. The number of hydrogen-bond acceptors (Lipinski definition) is 3. The fourth-order valence-electron chi connectivity index (χ4n) is 4.04. The van der Waals surface area contributed by atoms with Gasteiger partial charge in [0.1, 0.15) is 6.29 Å². The lowest BCUT2D eigenvalue weighted by molar-refractivity contribution is 0.112. The highest BCUT2D eigenvalue weighted by Gasteiger charge is 2.32. The van der Waals surface area contributed by atoms with Gasteiger partial charge in [0.05, 0.1) is 0 Å². The van der Waals surface area contributed by atoms with Gasteiger partial charge in [0, 0.05) is 31.1 Å². The van der Waals surface area contributed by atoms with Crippen molar-refractivity contribution < 1.29 is 4.79 Å². The molecule has 3 heterocycles. The van der Waals surface area contributed by atoms with Crippen molar-refractivity contribution in [3.8, 4) is 11.1 Å². The van der Waals surface area contributed by atoms with Gasteiger partial charge in [-0.2, -0.15) is 0 Å². The predicted molar refractivity (Wildman–Crippen MR) is 92.3 cm³/mol. The molecule has 5 rings (SSSR count). The van der Waals surface area contributed by atoms with Crippen molar-refractivity contribution in [2.75, 3.05) is 19.6 Å². The van der Waals surface area contributed by atoms with Gasteiger partial charge in [0.15, 0.2) is 0 Å². The lowest BCUT2D eigenvalue weighted by atomic mass is 9.79. The van der Waals surface area contributed by atoms with Crippen molar-refractivity contribution in [3.63, 3.8) is 0 Å². The molecule has 2 bridgehead atoms. The van der Waals surface area contributed by atoms with Crippen molar-refractivity contribution in [1.82, 2.24) is 10.4 Å². The van der Waals surface area contributed by atoms with Crippen molar-refractivity contribution in [1.29, 1.82) is 0 Å². The van der Waals surface area contributed by atoms with E-state index in [0.29, 0.717) is 11.8 Å². The average Bonchev–Trinajstić information content (AvgIpc) is 2.95. The molecule has 1 unspecified atom stereocenters. The van der Waals surface area contributed by atoms with Gasteiger partial charge in [-0.3, -0.25) is 10.2 Å². The van der Waals surface area contributed by atoms with E-state index in [0.717, 1.165) is 42.6 Å². The van der Waals surface area contributed by atoms with E-state index in [4.69, 9.17) is 0 Å². The number of carbonyl (C=O) groups excluding carboxylic acids is 1. The van der Waals surface area contributed by atoms with E-state index in [1.54, 1.807) is 0 Å². The lowest BCUT2D eigenvalue weighted by Gasteiger charge is -2.28. The number of aldehydes is 1. The van der Waals surface area contributed by atoms with Gasteiger partial charge >= 0.3 is 0 Å². The minimum Gasteiger partial charge on any atom is -0.298 e. The SMILES string of the molecule is O=Cc1cc(-c2ccccc2)ccc1C1CNN2CCC1CC2. The van der Waals surface area contributed by atoms with Crippen molar-refractivity contribution in [2.45, 2.75) is 18.8 Å². The smallest absolute Gasteiger partial charge is 0.150 e. The van der Waals surface area contributed by atoms with E-state index in [-0.39, 0.29) is 0 Å². The molecule has 0 spiro atoms. The minimum absolute atomic E-state index is 0.438. The number of rotatable bonds is 3. The van der Waals surface area contributed by atoms with Gasteiger partial charge in [0.25, 0.3) is 0 Å². The second-order valence-corrected chi connectivity index (χ2v) is 6.62. The maximum absolute atomic E-state index is 11.7. The molecule has 0 aliphatic carbocycles. The fourth-order valence-corrected chi connectivity index (χ4v) is 4.04. The Hall–Kier alpha value is -1.97. The van der Waals surface area contributed by atoms with Crippen LogP contribution in [0.2, 0.25) is 0 Å². The van der Waals surface area contributed by atoms with Crippen molar-refractivity contribution in [2.24, 2.45) is 5.92 Å². The maximum Gasteiger partial charge on any atom is 0.150 e. The van der Waals surface area contributed by atoms with Gasteiger partial charge in [-0.1, -0.05) is 42.5 Å². The summed E-state index contributed by atoms with van der Waals surface area (Å²) in [5, 5.41) is 2.33. The lowest BCUT2D eigenvalue weighted by Crippen LogP contribution is -2.39. The summed E-state index contributed by atoms with van der Waals surface area (Å²) < 4.78 is 0. The third-order valence-corrected chi connectivity index (χ3v) is 5.36. The van der Waals surface area contributed by atoms with Crippen LogP contribution in [0.5, 0.6) is 0 Å². The second-order valence-electron chi connectivity index (χ2n) is 6.62. The molecule has 3 nitrogen and oxygen atoms in total. The Balaban J connectivity index is 1.70. The predicted octanol–water partition coefficient (Wildman–Crippen LogP) is 3.48. The number of hydrogen-bond donors (Lipinski definition) is 1. The molecule has 0 radical (unpaired) electrons. The third-order valence-electron chi connectivity index (χ3n) is 5.36. The molecule has 23 heavy (non-hydrogen) atoms. The molecule has 3 aliphatic rings. The molecule has 0 amide bonds. The fraction of sp³-hybridized carbons (Fsp3) is 0.350. The zero-order chi connectivity index (χ0) is 15.6. The second kappa shape index (κ2) is 6.26. The van der Waals surface area contributed by atoms with Gasteiger partial charge in [-0.15, -0.1) is 0 Å². The summed E-state index contributed by atoms with van der Waals surface area (Å²) >= 11 is 0. The number of piperidine rings is 1. The maximum atomic E-state index is 11.7. The van der Waals surface area contributed by atoms with Crippen LogP contribution in [-0.4, -0.2) is 30.9 Å². The average molecular weight is 306 g/mol. The van der Waals surface area contributed by atoms with Crippen LogP contribution in [0, 0.1) is 5.92 Å². The first-order chi connectivity index (χ1) is 11.3. The van der Waals surface area contributed by atoms with Crippen LogP contribution < -0.4 is 5.43 Å². The van der Waals surface area contributed by atoms with Gasteiger partial charge in [0.2, 0.25) is 0 Å². The van der Waals surface area contributed by atoms with E-state index < -0.39 is 0 Å². The highest BCUT2D eigenvalue weighted by atomic mass is 16.1. The number of benzene rings is 2. The molecular weight excluding hydrogens is 284 g/mol. The summed E-state index contributed by atoms with van der Waals surface area (Å²) in [7, 11) is 0. The molecule has 2 aromatic rings. The minimum atomic E-state index is 0.438. The Labute approximate surface area is 137 Å². The van der Waals surface area contributed by atoms with E-state index in [1.807, 2.05) is 18.2 Å². The first kappa shape index (κ1) is 14.6. The molecule has 3 heteroatoms. The molecule has 3 saturated heterocycles. The Morgan fingerprint density at radius 2 is 1.78 bits per heavy atom. The summed E-state index contributed by atoms with van der Waals surface area (Å²) in [5.74, 6) is 1.12. The van der Waals surface area contributed by atoms with Crippen LogP contribution >= 0.6 is 0 Å². The van der Waals surface area contributed by atoms with E-state index in [9.17, 15) is 4.79 Å². The number of carbonyl (C=O) groups is 1. The number of nitrogens with zero attached hydrogens (tertiary/aromatic N) is 1. The van der Waals surface area contributed by atoms with Crippen molar-refractivity contribution in [3.05, 3.63) is 59.7 Å². The number of fused-ring (bicyclic) bond motifs is 4. The van der Waals surface area contributed by atoms with E-state index in [2.05, 4.69) is 40.8 Å². The highest BCUT2D eigenvalue weighted by molar-refractivity contribution is 5.81. The van der Waals surface area contributed by atoms with Crippen molar-refractivity contribution >= 4 is 6.29 Å². The van der Waals surface area contributed by atoms with Gasteiger partial charge in [-0.25, -0.2) is 5.01 Å². The molecule has 2 aromatic carbocycles. The van der Waals surface area contributed by atoms with E-state index in [1.165, 1.54) is 18.4 Å². The molecule has 118 valence electrons. The van der Waals surface area contributed by atoms with Crippen LogP contribution in [0.1, 0.15) is 34.7 Å². The zero-order valence-corrected chi connectivity index (χ0v) is 13.2. The molecule has 0 saturated carbocycles. The highest BCUT2D eigenvalue weighted by Crippen LogP contribution is 2.37. The summed E-state index contributed by atoms with van der Waals surface area (Å²) in [4.78, 5) is 11.7. The monoisotopic (exact) mass is 306 g/mol. The largest absolute Gasteiger partial charge is 0.298 e. The third kappa shape index (κ3) is 2.82. The van der Waals surface area contributed by atoms with Crippen LogP contribution in [-0.2, 0) is 0 Å². The molecule has 3 fully saturated rings. The first-order valence-electron chi connectivity index (χ1n) is 8.48. The summed E-state index contributed by atoms with van der Waals surface area (Å²) in [6, 6.07) is 16.6. The molecule has 1 atom stereocenters. The Bertz CT molecular complexity index is 690. The van der Waals surface area contributed by atoms with Crippen LogP contribution in [0.3, 0.4) is 0 Å². The Kier molecular flexibility index (Phi) is 3.98. The summed E-state index contributed by atoms with van der Waals surface area (Å²) in [6.45, 7) is 3.19. The standard InChI is InChI=1S/C20H22N2O/c23-14-18-12-17(15-4-2-1-3-5-15)6-7-19(18)20-13-21-22-10-8-16(20)9-11-22/h1-7,12,14,16,20-21H,8-11,13H2. The van der Waals surface area contributed by atoms with Crippen LogP contribution in [0.25, 0.3) is 11.1 Å². The van der Waals surface area contributed by atoms with E-state index >= 15 is 0 Å². The molecule has 0 aromatic heterocycles. The Morgan fingerprint density at radius 3 is 2.52 bits per heavy atom. The molecular formula is C20H22N2O. The number of nitrogens with one attached hydrogen (secondary N) is 1. The quantitative estimate of drug-likeness (QED) is 0.881.